The Morgan fingerprint density at radius 3 is 2.50 bits per heavy atom. The summed E-state index contributed by atoms with van der Waals surface area (Å²) in [7, 11) is 0. The van der Waals surface area contributed by atoms with Gasteiger partial charge in [-0.25, -0.2) is 8.78 Å². The fourth-order valence-corrected chi connectivity index (χ4v) is 1.89. The van der Waals surface area contributed by atoms with Gasteiger partial charge in [-0.3, -0.25) is 4.79 Å². The predicted octanol–water partition coefficient (Wildman–Crippen LogP) is 3.04. The Hall–Kier alpha value is -2.43. The van der Waals surface area contributed by atoms with Crippen molar-refractivity contribution in [3.05, 3.63) is 65.2 Å². The Labute approximate surface area is 115 Å². The van der Waals surface area contributed by atoms with E-state index in [0.29, 0.717) is 5.56 Å². The zero-order chi connectivity index (χ0) is 14.7. The van der Waals surface area contributed by atoms with E-state index in [0.717, 1.165) is 6.07 Å². The third-order valence-electron chi connectivity index (χ3n) is 2.96. The van der Waals surface area contributed by atoms with Crippen molar-refractivity contribution < 1.29 is 13.6 Å². The summed E-state index contributed by atoms with van der Waals surface area (Å²) in [4.78, 5) is 12.0. The molecule has 2 aromatic rings. The molecule has 5 heteroatoms. The number of rotatable bonds is 3. The summed E-state index contributed by atoms with van der Waals surface area (Å²) in [5.74, 6) is -1.74. The van der Waals surface area contributed by atoms with Crippen LogP contribution in [0.2, 0.25) is 0 Å². The number of carbonyl (C=O) groups is 1. The Morgan fingerprint density at radius 2 is 1.85 bits per heavy atom. The first kappa shape index (κ1) is 14.0. The van der Waals surface area contributed by atoms with Crippen LogP contribution in [0.25, 0.3) is 0 Å². The maximum Gasteiger partial charge on any atom is 0.254 e. The molecule has 0 spiro atoms. The molecule has 0 aliphatic carbocycles. The lowest BCUT2D eigenvalue weighted by molar-refractivity contribution is 0.0935. The zero-order valence-electron chi connectivity index (χ0n) is 10.9. The summed E-state index contributed by atoms with van der Waals surface area (Å²) in [6, 6.07) is 9.35. The van der Waals surface area contributed by atoms with Crippen LogP contribution in [0.15, 0.2) is 42.5 Å². The Morgan fingerprint density at radius 1 is 1.15 bits per heavy atom. The van der Waals surface area contributed by atoms with Gasteiger partial charge in [0.05, 0.1) is 11.6 Å². The highest BCUT2D eigenvalue weighted by molar-refractivity contribution is 5.95. The van der Waals surface area contributed by atoms with Crippen molar-refractivity contribution in [2.45, 2.75) is 13.0 Å². The summed E-state index contributed by atoms with van der Waals surface area (Å²) in [5, 5.41) is 2.55. The van der Waals surface area contributed by atoms with Crippen LogP contribution in [0, 0.1) is 11.6 Å². The average molecular weight is 276 g/mol. The monoisotopic (exact) mass is 276 g/mol. The molecule has 0 bridgehead atoms. The van der Waals surface area contributed by atoms with Crippen molar-refractivity contribution in [2.24, 2.45) is 0 Å². The lowest BCUT2D eigenvalue weighted by Gasteiger charge is -2.15. The smallest absolute Gasteiger partial charge is 0.254 e. The van der Waals surface area contributed by atoms with Crippen LogP contribution >= 0.6 is 0 Å². The number of nitrogens with one attached hydrogen (secondary N) is 1. The molecular weight excluding hydrogens is 262 g/mol. The molecule has 0 heterocycles. The molecule has 1 amide bonds. The molecule has 0 aliphatic heterocycles. The molecule has 3 N–H and O–H groups in total. The van der Waals surface area contributed by atoms with Crippen LogP contribution in [0.3, 0.4) is 0 Å². The molecule has 104 valence electrons. The van der Waals surface area contributed by atoms with Crippen LogP contribution in [-0.2, 0) is 0 Å². The molecule has 0 radical (unpaired) electrons. The largest absolute Gasteiger partial charge is 0.399 e. The van der Waals surface area contributed by atoms with Crippen LogP contribution in [-0.4, -0.2) is 5.91 Å². The minimum absolute atomic E-state index is 0.123. The van der Waals surface area contributed by atoms with E-state index >= 15 is 0 Å². The van der Waals surface area contributed by atoms with E-state index in [1.807, 2.05) is 0 Å². The first-order valence-corrected chi connectivity index (χ1v) is 6.09. The first-order valence-electron chi connectivity index (χ1n) is 6.09. The summed E-state index contributed by atoms with van der Waals surface area (Å²) < 4.78 is 27.2. The normalized spacial score (nSPS) is 11.9. The van der Waals surface area contributed by atoms with E-state index in [1.54, 1.807) is 25.1 Å². The van der Waals surface area contributed by atoms with E-state index < -0.39 is 23.6 Å². The van der Waals surface area contributed by atoms with Crippen molar-refractivity contribution in [2.75, 3.05) is 5.73 Å². The highest BCUT2D eigenvalue weighted by atomic mass is 19.1. The number of nitrogen functional groups attached to an aromatic ring is 1. The number of amides is 1. The van der Waals surface area contributed by atoms with Crippen molar-refractivity contribution in [3.8, 4) is 0 Å². The summed E-state index contributed by atoms with van der Waals surface area (Å²) in [6.07, 6.45) is 0. The van der Waals surface area contributed by atoms with E-state index in [9.17, 15) is 13.6 Å². The lowest BCUT2D eigenvalue weighted by atomic mass is 10.1. The Balaban J connectivity index is 2.17. The quantitative estimate of drug-likeness (QED) is 0.847. The van der Waals surface area contributed by atoms with Crippen molar-refractivity contribution in [1.29, 1.82) is 0 Å². The summed E-state index contributed by atoms with van der Waals surface area (Å²) >= 11 is 0. The van der Waals surface area contributed by atoms with Gasteiger partial charge in [0.15, 0.2) is 0 Å². The molecule has 0 saturated heterocycles. The fraction of sp³-hybridized carbons (Fsp3) is 0.133. The standard InChI is InChI=1S/C15H14F2N2O/c1-9(11-4-2-3-5-13(11)16)19-15(20)12-7-6-10(18)8-14(12)17/h2-9H,18H2,1H3,(H,19,20)/t9-/m1/s1. The molecule has 2 rings (SSSR count). The van der Waals surface area contributed by atoms with Crippen molar-refractivity contribution >= 4 is 11.6 Å². The Kier molecular flexibility index (Phi) is 3.98. The molecule has 0 fully saturated rings. The van der Waals surface area contributed by atoms with Gasteiger partial charge < -0.3 is 11.1 Å². The maximum atomic E-state index is 13.6. The number of anilines is 1. The number of benzene rings is 2. The second-order valence-corrected chi connectivity index (χ2v) is 4.46. The summed E-state index contributed by atoms with van der Waals surface area (Å²) in [5.41, 5.74) is 5.88. The summed E-state index contributed by atoms with van der Waals surface area (Å²) in [6.45, 7) is 1.63. The molecule has 1 atom stereocenters. The molecule has 0 unspecified atom stereocenters. The molecule has 2 aromatic carbocycles. The minimum atomic E-state index is -0.705. The topological polar surface area (TPSA) is 55.1 Å². The highest BCUT2D eigenvalue weighted by Crippen LogP contribution is 2.18. The minimum Gasteiger partial charge on any atom is -0.399 e. The molecule has 0 saturated carbocycles. The fourth-order valence-electron chi connectivity index (χ4n) is 1.89. The predicted molar refractivity (Wildman–Crippen MR) is 73.1 cm³/mol. The second kappa shape index (κ2) is 5.69. The van der Waals surface area contributed by atoms with Crippen LogP contribution in [0.5, 0.6) is 0 Å². The molecular formula is C15H14F2N2O. The van der Waals surface area contributed by atoms with Gasteiger partial charge in [0.2, 0.25) is 0 Å². The average Bonchev–Trinajstić information content (AvgIpc) is 2.38. The molecule has 0 aliphatic rings. The van der Waals surface area contributed by atoms with E-state index in [2.05, 4.69) is 5.32 Å². The number of halogens is 2. The SMILES string of the molecule is C[C@@H](NC(=O)c1ccc(N)cc1F)c1ccccc1F. The van der Waals surface area contributed by atoms with Crippen LogP contribution in [0.4, 0.5) is 14.5 Å². The zero-order valence-corrected chi connectivity index (χ0v) is 10.9. The van der Waals surface area contributed by atoms with Gasteiger partial charge >= 0.3 is 0 Å². The van der Waals surface area contributed by atoms with Gasteiger partial charge in [-0.1, -0.05) is 18.2 Å². The Bertz CT molecular complexity index is 644. The third-order valence-corrected chi connectivity index (χ3v) is 2.96. The second-order valence-electron chi connectivity index (χ2n) is 4.46. The molecule has 3 nitrogen and oxygen atoms in total. The van der Waals surface area contributed by atoms with E-state index in [1.165, 1.54) is 18.2 Å². The van der Waals surface area contributed by atoms with Gasteiger partial charge in [-0.05, 0) is 31.2 Å². The first-order chi connectivity index (χ1) is 9.49. The van der Waals surface area contributed by atoms with Gasteiger partial charge in [-0.15, -0.1) is 0 Å². The molecule has 0 aromatic heterocycles. The molecule has 20 heavy (non-hydrogen) atoms. The van der Waals surface area contributed by atoms with E-state index in [-0.39, 0.29) is 11.3 Å². The lowest BCUT2D eigenvalue weighted by Crippen LogP contribution is -2.28. The van der Waals surface area contributed by atoms with Gasteiger partial charge in [0.1, 0.15) is 11.6 Å². The van der Waals surface area contributed by atoms with Crippen LogP contribution < -0.4 is 11.1 Å². The third kappa shape index (κ3) is 2.93. The van der Waals surface area contributed by atoms with Crippen molar-refractivity contribution in [3.63, 3.8) is 0 Å². The van der Waals surface area contributed by atoms with Gasteiger partial charge in [-0.2, -0.15) is 0 Å². The number of hydrogen-bond acceptors (Lipinski definition) is 2. The van der Waals surface area contributed by atoms with Crippen molar-refractivity contribution in [1.82, 2.24) is 5.32 Å². The number of nitrogens with two attached hydrogens (primary N) is 1. The highest BCUT2D eigenvalue weighted by Gasteiger charge is 2.17. The van der Waals surface area contributed by atoms with Gasteiger partial charge in [0.25, 0.3) is 5.91 Å². The van der Waals surface area contributed by atoms with Crippen LogP contribution in [0.1, 0.15) is 28.9 Å². The van der Waals surface area contributed by atoms with E-state index in [4.69, 9.17) is 5.73 Å². The number of hydrogen-bond donors (Lipinski definition) is 2. The maximum absolute atomic E-state index is 13.6. The number of carbonyl (C=O) groups excluding carboxylic acids is 1. The van der Waals surface area contributed by atoms with Gasteiger partial charge in [0, 0.05) is 11.3 Å².